The number of carbonyl (C=O) groups excluding carboxylic acids is 1. The summed E-state index contributed by atoms with van der Waals surface area (Å²) >= 11 is 0. The Balaban J connectivity index is 2.58. The smallest absolute Gasteiger partial charge is 0.246 e. The van der Waals surface area contributed by atoms with Crippen molar-refractivity contribution in [3.63, 3.8) is 0 Å². The molecule has 0 aromatic heterocycles. The van der Waals surface area contributed by atoms with Gasteiger partial charge in [0.25, 0.3) is 0 Å². The molecule has 0 aliphatic heterocycles. The van der Waals surface area contributed by atoms with Crippen LogP contribution in [0.15, 0.2) is 6.07 Å². The first kappa shape index (κ1) is 13.9. The molecular formula is C15H22N2O2. The maximum absolute atomic E-state index is 12.4. The minimum atomic E-state index is -0.408. The van der Waals surface area contributed by atoms with Crippen molar-refractivity contribution in [1.82, 2.24) is 5.01 Å². The first-order chi connectivity index (χ1) is 8.85. The predicted octanol–water partition coefficient (Wildman–Crippen LogP) is 1.98. The second-order valence-corrected chi connectivity index (χ2v) is 5.52. The molecule has 0 radical (unpaired) electrons. The lowest BCUT2D eigenvalue weighted by molar-refractivity contribution is -0.132. The highest BCUT2D eigenvalue weighted by atomic mass is 16.5. The molecular weight excluding hydrogens is 240 g/mol. The van der Waals surface area contributed by atoms with Crippen LogP contribution in [0.25, 0.3) is 0 Å². The van der Waals surface area contributed by atoms with Gasteiger partial charge in [-0.05, 0) is 61.9 Å². The fourth-order valence-electron chi connectivity index (χ4n) is 3.03. The minimum Gasteiger partial charge on any atom is -0.496 e. The number of aryl methyl sites for hydroxylation is 1. The monoisotopic (exact) mass is 262 g/mol. The number of nitrogens with two attached hydrogens (primary N) is 1. The second-order valence-electron chi connectivity index (χ2n) is 5.52. The van der Waals surface area contributed by atoms with Crippen LogP contribution in [-0.4, -0.2) is 25.1 Å². The summed E-state index contributed by atoms with van der Waals surface area (Å²) in [5.74, 6) is 6.53. The van der Waals surface area contributed by atoms with Crippen LogP contribution in [0.1, 0.15) is 35.1 Å². The summed E-state index contributed by atoms with van der Waals surface area (Å²) in [6, 6.07) is 2.02. The Morgan fingerprint density at radius 3 is 2.32 bits per heavy atom. The van der Waals surface area contributed by atoms with Crippen molar-refractivity contribution < 1.29 is 9.53 Å². The summed E-state index contributed by atoms with van der Waals surface area (Å²) < 4.78 is 5.38. The molecule has 0 atom stereocenters. The third kappa shape index (κ3) is 2.00. The van der Waals surface area contributed by atoms with Gasteiger partial charge in [-0.15, -0.1) is 0 Å². The molecule has 0 unspecified atom stereocenters. The molecule has 1 amide bonds. The number of hydrogen-bond acceptors (Lipinski definition) is 3. The van der Waals surface area contributed by atoms with Crippen molar-refractivity contribution in [2.24, 2.45) is 5.84 Å². The normalized spacial score (nSPS) is 16.1. The SMILES string of the molecule is COc1cc(C)c(C2(C(=O)N(C)N)CC2)c(C)c1C. The number of hydrazine groups is 1. The van der Waals surface area contributed by atoms with Crippen molar-refractivity contribution in [1.29, 1.82) is 0 Å². The third-order valence-corrected chi connectivity index (χ3v) is 4.23. The first-order valence-corrected chi connectivity index (χ1v) is 6.53. The summed E-state index contributed by atoms with van der Waals surface area (Å²) in [7, 11) is 3.29. The number of amides is 1. The quantitative estimate of drug-likeness (QED) is 0.515. The maximum atomic E-state index is 12.4. The summed E-state index contributed by atoms with van der Waals surface area (Å²) in [4.78, 5) is 12.4. The van der Waals surface area contributed by atoms with Crippen molar-refractivity contribution in [3.05, 3.63) is 28.3 Å². The van der Waals surface area contributed by atoms with Crippen LogP contribution in [0.4, 0.5) is 0 Å². The van der Waals surface area contributed by atoms with Gasteiger partial charge in [0.1, 0.15) is 5.75 Å². The van der Waals surface area contributed by atoms with Gasteiger partial charge in [0, 0.05) is 7.05 Å². The van der Waals surface area contributed by atoms with E-state index in [0.29, 0.717) is 0 Å². The van der Waals surface area contributed by atoms with E-state index >= 15 is 0 Å². The molecule has 4 heteroatoms. The van der Waals surface area contributed by atoms with E-state index < -0.39 is 5.41 Å². The van der Waals surface area contributed by atoms with Gasteiger partial charge in [-0.2, -0.15) is 0 Å². The zero-order valence-corrected chi connectivity index (χ0v) is 12.3. The molecule has 2 N–H and O–H groups in total. The number of likely N-dealkylation sites (N-methyl/N-ethyl adjacent to an activating group) is 1. The van der Waals surface area contributed by atoms with E-state index in [4.69, 9.17) is 10.6 Å². The van der Waals surface area contributed by atoms with E-state index in [9.17, 15) is 4.79 Å². The van der Waals surface area contributed by atoms with Gasteiger partial charge in [-0.25, -0.2) is 5.84 Å². The molecule has 0 spiro atoms. The molecule has 1 aliphatic carbocycles. The fourth-order valence-corrected chi connectivity index (χ4v) is 3.03. The molecule has 0 heterocycles. The Labute approximate surface area is 114 Å². The number of nitrogens with zero attached hydrogens (tertiary/aromatic N) is 1. The highest BCUT2D eigenvalue weighted by Gasteiger charge is 2.54. The van der Waals surface area contributed by atoms with Gasteiger partial charge in [-0.1, -0.05) is 0 Å². The Hall–Kier alpha value is -1.55. The molecule has 1 saturated carbocycles. The van der Waals surface area contributed by atoms with Gasteiger partial charge in [0.2, 0.25) is 5.91 Å². The van der Waals surface area contributed by atoms with E-state index in [-0.39, 0.29) is 5.91 Å². The zero-order chi connectivity index (χ0) is 14.4. The van der Waals surface area contributed by atoms with Crippen LogP contribution in [0.3, 0.4) is 0 Å². The number of benzene rings is 1. The summed E-state index contributed by atoms with van der Waals surface area (Å²) in [6.07, 6.45) is 1.75. The van der Waals surface area contributed by atoms with Crippen LogP contribution < -0.4 is 10.6 Å². The number of rotatable bonds is 3. The Morgan fingerprint density at radius 1 is 1.32 bits per heavy atom. The van der Waals surface area contributed by atoms with E-state index in [1.807, 2.05) is 19.9 Å². The zero-order valence-electron chi connectivity index (χ0n) is 12.3. The second kappa shape index (κ2) is 4.53. The van der Waals surface area contributed by atoms with Crippen molar-refractivity contribution in [3.8, 4) is 5.75 Å². The first-order valence-electron chi connectivity index (χ1n) is 6.53. The average molecular weight is 262 g/mol. The van der Waals surface area contributed by atoms with Gasteiger partial charge in [0.15, 0.2) is 0 Å². The molecule has 104 valence electrons. The van der Waals surface area contributed by atoms with Crippen LogP contribution in [0, 0.1) is 20.8 Å². The molecule has 1 fully saturated rings. The molecule has 0 bridgehead atoms. The lowest BCUT2D eigenvalue weighted by Crippen LogP contribution is -2.41. The van der Waals surface area contributed by atoms with E-state index in [2.05, 4.69) is 6.92 Å². The number of hydrogen-bond donors (Lipinski definition) is 1. The Morgan fingerprint density at radius 2 is 1.89 bits per heavy atom. The van der Waals surface area contributed by atoms with Crippen LogP contribution in [0.2, 0.25) is 0 Å². The minimum absolute atomic E-state index is 0.00302. The number of methoxy groups -OCH3 is 1. The van der Waals surface area contributed by atoms with Gasteiger partial charge < -0.3 is 4.74 Å². The number of ether oxygens (including phenoxy) is 1. The highest BCUT2D eigenvalue weighted by molar-refractivity contribution is 5.91. The largest absolute Gasteiger partial charge is 0.496 e. The fraction of sp³-hybridized carbons (Fsp3) is 0.533. The van der Waals surface area contributed by atoms with Crippen LogP contribution >= 0.6 is 0 Å². The van der Waals surface area contributed by atoms with Crippen LogP contribution in [0.5, 0.6) is 5.75 Å². The topological polar surface area (TPSA) is 55.6 Å². The van der Waals surface area contributed by atoms with Crippen molar-refractivity contribution in [2.75, 3.05) is 14.2 Å². The van der Waals surface area contributed by atoms with Gasteiger partial charge in [0.05, 0.1) is 12.5 Å². The van der Waals surface area contributed by atoms with Crippen molar-refractivity contribution >= 4 is 5.91 Å². The Bertz CT molecular complexity index is 531. The summed E-state index contributed by atoms with van der Waals surface area (Å²) in [5, 5.41) is 1.21. The lowest BCUT2D eigenvalue weighted by Gasteiger charge is -2.25. The van der Waals surface area contributed by atoms with E-state index in [0.717, 1.165) is 40.8 Å². The highest BCUT2D eigenvalue weighted by Crippen LogP contribution is 2.52. The molecule has 2 rings (SSSR count). The average Bonchev–Trinajstić information content (AvgIpc) is 3.14. The predicted molar refractivity (Wildman–Crippen MR) is 75.1 cm³/mol. The molecule has 1 aromatic rings. The molecule has 4 nitrogen and oxygen atoms in total. The van der Waals surface area contributed by atoms with Crippen molar-refractivity contribution in [2.45, 2.75) is 39.0 Å². The molecule has 0 saturated heterocycles. The van der Waals surface area contributed by atoms with Gasteiger partial charge >= 0.3 is 0 Å². The maximum Gasteiger partial charge on any atom is 0.246 e. The lowest BCUT2D eigenvalue weighted by atomic mass is 9.85. The third-order valence-electron chi connectivity index (χ3n) is 4.23. The van der Waals surface area contributed by atoms with E-state index in [1.54, 1.807) is 14.2 Å². The number of carbonyl (C=O) groups is 1. The van der Waals surface area contributed by atoms with E-state index in [1.165, 1.54) is 5.01 Å². The molecule has 19 heavy (non-hydrogen) atoms. The van der Waals surface area contributed by atoms with Crippen LogP contribution in [-0.2, 0) is 10.2 Å². The van der Waals surface area contributed by atoms with Gasteiger partial charge in [-0.3, -0.25) is 9.80 Å². The Kier molecular flexibility index (Phi) is 3.31. The molecule has 1 aliphatic rings. The molecule has 1 aromatic carbocycles. The summed E-state index contributed by atoms with van der Waals surface area (Å²) in [6.45, 7) is 6.13. The summed E-state index contributed by atoms with van der Waals surface area (Å²) in [5.41, 5.74) is 4.07. The standard InChI is InChI=1S/C15H22N2O2/c1-9-8-12(19-5)10(2)11(3)13(9)15(6-7-15)14(18)17(4)16/h8H,6-7,16H2,1-5H3.